The SMILES string of the molecule is C#CCC(N)C(=O)N1c2ccccc2CCC1C. The highest BCUT2D eigenvalue weighted by molar-refractivity contribution is 5.98. The van der Waals surface area contributed by atoms with Crippen molar-refractivity contribution in [1.29, 1.82) is 0 Å². The number of nitrogens with two attached hydrogens (primary N) is 1. The van der Waals surface area contributed by atoms with E-state index in [4.69, 9.17) is 12.2 Å². The minimum absolute atomic E-state index is 0.0763. The van der Waals surface area contributed by atoms with Crippen molar-refractivity contribution >= 4 is 11.6 Å². The fraction of sp³-hybridized carbons (Fsp3) is 0.400. The van der Waals surface area contributed by atoms with Crippen LogP contribution in [0.25, 0.3) is 0 Å². The molecule has 1 aliphatic rings. The number of amides is 1. The Morgan fingerprint density at radius 1 is 1.61 bits per heavy atom. The van der Waals surface area contributed by atoms with E-state index in [1.807, 2.05) is 18.2 Å². The van der Waals surface area contributed by atoms with Crippen LogP contribution in [0.5, 0.6) is 0 Å². The highest BCUT2D eigenvalue weighted by Crippen LogP contribution is 2.30. The van der Waals surface area contributed by atoms with Crippen LogP contribution in [0.1, 0.15) is 25.3 Å². The molecule has 0 saturated carbocycles. The largest absolute Gasteiger partial charge is 0.319 e. The minimum atomic E-state index is -0.608. The Labute approximate surface area is 108 Å². The molecule has 94 valence electrons. The van der Waals surface area contributed by atoms with Crippen LogP contribution in [-0.2, 0) is 11.2 Å². The second-order valence-electron chi connectivity index (χ2n) is 4.74. The predicted molar refractivity (Wildman–Crippen MR) is 73.1 cm³/mol. The third-order valence-electron chi connectivity index (χ3n) is 3.42. The summed E-state index contributed by atoms with van der Waals surface area (Å²) in [7, 11) is 0. The topological polar surface area (TPSA) is 46.3 Å². The zero-order valence-electron chi connectivity index (χ0n) is 10.6. The van der Waals surface area contributed by atoms with E-state index in [0.29, 0.717) is 0 Å². The van der Waals surface area contributed by atoms with Gasteiger partial charge in [-0.25, -0.2) is 0 Å². The molecule has 3 heteroatoms. The summed E-state index contributed by atoms with van der Waals surface area (Å²) in [5.74, 6) is 2.38. The molecule has 2 atom stereocenters. The number of terminal acetylenes is 1. The molecule has 0 radical (unpaired) electrons. The first-order chi connectivity index (χ1) is 8.65. The monoisotopic (exact) mass is 242 g/mol. The molecule has 1 amide bonds. The first kappa shape index (κ1) is 12.7. The molecule has 1 heterocycles. The molecular weight excluding hydrogens is 224 g/mol. The molecule has 0 fully saturated rings. The smallest absolute Gasteiger partial charge is 0.245 e. The summed E-state index contributed by atoms with van der Waals surface area (Å²) in [4.78, 5) is 14.2. The van der Waals surface area contributed by atoms with Gasteiger partial charge in [0, 0.05) is 18.2 Å². The molecule has 18 heavy (non-hydrogen) atoms. The quantitative estimate of drug-likeness (QED) is 0.802. The number of benzene rings is 1. The third-order valence-corrected chi connectivity index (χ3v) is 3.42. The van der Waals surface area contributed by atoms with Crippen LogP contribution < -0.4 is 10.6 Å². The molecule has 2 rings (SSSR count). The maximum atomic E-state index is 12.4. The Bertz CT molecular complexity index is 490. The van der Waals surface area contributed by atoms with Gasteiger partial charge >= 0.3 is 0 Å². The van der Waals surface area contributed by atoms with Crippen LogP contribution >= 0.6 is 0 Å². The average Bonchev–Trinajstić information content (AvgIpc) is 2.38. The summed E-state index contributed by atoms with van der Waals surface area (Å²) in [6, 6.07) is 7.56. The first-order valence-corrected chi connectivity index (χ1v) is 6.25. The lowest BCUT2D eigenvalue weighted by molar-refractivity contribution is -0.120. The molecule has 1 aromatic rings. The van der Waals surface area contributed by atoms with Gasteiger partial charge in [-0.3, -0.25) is 4.79 Å². The summed E-state index contributed by atoms with van der Waals surface area (Å²) >= 11 is 0. The van der Waals surface area contributed by atoms with Crippen LogP contribution in [0.2, 0.25) is 0 Å². The molecule has 0 aromatic heterocycles. The number of rotatable bonds is 2. The van der Waals surface area contributed by atoms with Crippen molar-refractivity contribution in [1.82, 2.24) is 0 Å². The van der Waals surface area contributed by atoms with Gasteiger partial charge in [-0.15, -0.1) is 12.3 Å². The first-order valence-electron chi connectivity index (χ1n) is 6.25. The number of hydrogen-bond donors (Lipinski definition) is 1. The zero-order chi connectivity index (χ0) is 13.1. The number of carbonyl (C=O) groups is 1. The second-order valence-corrected chi connectivity index (χ2v) is 4.74. The molecule has 0 aliphatic carbocycles. The number of fused-ring (bicyclic) bond motifs is 1. The standard InChI is InChI=1S/C15H18N2O/c1-3-6-13(16)15(18)17-11(2)9-10-12-7-4-5-8-14(12)17/h1,4-5,7-8,11,13H,6,9-10,16H2,2H3. The van der Waals surface area contributed by atoms with Crippen molar-refractivity contribution in [3.63, 3.8) is 0 Å². The van der Waals surface area contributed by atoms with Gasteiger partial charge in [0.05, 0.1) is 6.04 Å². The van der Waals surface area contributed by atoms with E-state index in [1.165, 1.54) is 5.56 Å². The van der Waals surface area contributed by atoms with Crippen molar-refractivity contribution < 1.29 is 4.79 Å². The number of anilines is 1. The molecule has 0 spiro atoms. The Kier molecular flexibility index (Phi) is 3.69. The number of carbonyl (C=O) groups excluding carboxylic acids is 1. The summed E-state index contributed by atoms with van der Waals surface area (Å²) in [5, 5.41) is 0. The highest BCUT2D eigenvalue weighted by Gasteiger charge is 2.30. The van der Waals surface area contributed by atoms with Crippen LogP contribution in [0, 0.1) is 12.3 Å². The van der Waals surface area contributed by atoms with Crippen LogP contribution in [-0.4, -0.2) is 18.0 Å². The predicted octanol–water partition coefficient (Wildman–Crippen LogP) is 1.70. The molecule has 1 aromatic carbocycles. The molecule has 1 aliphatic heterocycles. The highest BCUT2D eigenvalue weighted by atomic mass is 16.2. The van der Waals surface area contributed by atoms with Gasteiger partial charge in [-0.05, 0) is 31.4 Å². The lowest BCUT2D eigenvalue weighted by atomic mass is 9.95. The number of nitrogens with zero attached hydrogens (tertiary/aromatic N) is 1. The number of hydrogen-bond acceptors (Lipinski definition) is 2. The van der Waals surface area contributed by atoms with Gasteiger partial charge in [-0.2, -0.15) is 0 Å². The van der Waals surface area contributed by atoms with Gasteiger partial charge < -0.3 is 10.6 Å². The third kappa shape index (κ3) is 2.25. The molecule has 2 unspecified atom stereocenters. The van der Waals surface area contributed by atoms with Gasteiger partial charge in [0.2, 0.25) is 5.91 Å². The summed E-state index contributed by atoms with van der Waals surface area (Å²) in [6.07, 6.45) is 7.48. The molecule has 3 nitrogen and oxygen atoms in total. The van der Waals surface area contributed by atoms with E-state index in [2.05, 4.69) is 18.9 Å². The average molecular weight is 242 g/mol. The Morgan fingerprint density at radius 3 is 3.06 bits per heavy atom. The lowest BCUT2D eigenvalue weighted by Gasteiger charge is -2.36. The fourth-order valence-corrected chi connectivity index (χ4v) is 2.42. The summed E-state index contributed by atoms with van der Waals surface area (Å²) in [5.41, 5.74) is 8.03. The van der Waals surface area contributed by atoms with Crippen LogP contribution in [0.3, 0.4) is 0 Å². The zero-order valence-corrected chi connectivity index (χ0v) is 10.6. The van der Waals surface area contributed by atoms with Crippen molar-refractivity contribution in [2.24, 2.45) is 5.73 Å². The maximum Gasteiger partial charge on any atom is 0.245 e. The van der Waals surface area contributed by atoms with Crippen LogP contribution in [0.4, 0.5) is 5.69 Å². The van der Waals surface area contributed by atoms with Crippen molar-refractivity contribution in [3.05, 3.63) is 29.8 Å². The van der Waals surface area contributed by atoms with Gasteiger partial charge in [0.25, 0.3) is 0 Å². The van der Waals surface area contributed by atoms with Gasteiger partial charge in [0.1, 0.15) is 0 Å². The van der Waals surface area contributed by atoms with E-state index in [9.17, 15) is 4.79 Å². The molecule has 2 N–H and O–H groups in total. The maximum absolute atomic E-state index is 12.4. The van der Waals surface area contributed by atoms with E-state index in [-0.39, 0.29) is 18.4 Å². The van der Waals surface area contributed by atoms with E-state index in [1.54, 1.807) is 4.90 Å². The Balaban J connectivity index is 2.32. The van der Waals surface area contributed by atoms with E-state index >= 15 is 0 Å². The normalized spacial score (nSPS) is 19.8. The molecular formula is C15H18N2O. The minimum Gasteiger partial charge on any atom is -0.319 e. The van der Waals surface area contributed by atoms with Crippen LogP contribution in [0.15, 0.2) is 24.3 Å². The van der Waals surface area contributed by atoms with Crippen molar-refractivity contribution in [2.45, 2.75) is 38.3 Å². The summed E-state index contributed by atoms with van der Waals surface area (Å²) in [6.45, 7) is 2.05. The lowest BCUT2D eigenvalue weighted by Crippen LogP contribution is -2.49. The second kappa shape index (κ2) is 5.24. The van der Waals surface area contributed by atoms with E-state index in [0.717, 1.165) is 18.5 Å². The number of para-hydroxylation sites is 1. The van der Waals surface area contributed by atoms with Gasteiger partial charge in [0.15, 0.2) is 0 Å². The summed E-state index contributed by atoms with van der Waals surface area (Å²) < 4.78 is 0. The fourth-order valence-electron chi connectivity index (χ4n) is 2.42. The Hall–Kier alpha value is -1.79. The molecule has 0 bridgehead atoms. The van der Waals surface area contributed by atoms with E-state index < -0.39 is 6.04 Å². The van der Waals surface area contributed by atoms with Crippen molar-refractivity contribution in [3.8, 4) is 12.3 Å². The van der Waals surface area contributed by atoms with Gasteiger partial charge in [-0.1, -0.05) is 18.2 Å². The van der Waals surface area contributed by atoms with Crippen molar-refractivity contribution in [2.75, 3.05) is 4.90 Å². The Morgan fingerprint density at radius 2 is 2.33 bits per heavy atom. The number of aryl methyl sites for hydroxylation is 1. The molecule has 0 saturated heterocycles.